The summed E-state index contributed by atoms with van der Waals surface area (Å²) in [5.41, 5.74) is 7.28. The number of ether oxygens (including phenoxy) is 1. The van der Waals surface area contributed by atoms with E-state index >= 15 is 0 Å². The normalized spacial score (nSPS) is 13.8. The summed E-state index contributed by atoms with van der Waals surface area (Å²) in [5.74, 6) is 0.614. The third-order valence-electron chi connectivity index (χ3n) is 3.73. The van der Waals surface area contributed by atoms with Crippen molar-refractivity contribution >= 4 is 0 Å². The van der Waals surface area contributed by atoms with Crippen molar-refractivity contribution in [2.75, 3.05) is 13.7 Å². The van der Waals surface area contributed by atoms with Crippen LogP contribution < -0.4 is 10.5 Å². The van der Waals surface area contributed by atoms with Crippen LogP contribution in [0.5, 0.6) is 5.75 Å². The van der Waals surface area contributed by atoms with Crippen molar-refractivity contribution in [3.8, 4) is 5.75 Å². The van der Waals surface area contributed by atoms with Crippen LogP contribution in [-0.2, 0) is 11.8 Å². The molecule has 2 rings (SSSR count). The Morgan fingerprint density at radius 1 is 1.10 bits per heavy atom. The van der Waals surface area contributed by atoms with Gasteiger partial charge in [-0.25, -0.2) is 4.39 Å². The van der Waals surface area contributed by atoms with Crippen molar-refractivity contribution in [3.05, 3.63) is 65.5 Å². The van der Waals surface area contributed by atoms with Crippen LogP contribution in [0.2, 0.25) is 0 Å². The molecule has 1 atom stereocenters. The molecule has 3 heteroatoms. The number of halogens is 1. The Hall–Kier alpha value is -1.87. The second-order valence-corrected chi connectivity index (χ2v) is 5.27. The topological polar surface area (TPSA) is 35.2 Å². The Morgan fingerprint density at radius 3 is 2.30 bits per heavy atom. The second-order valence-electron chi connectivity index (χ2n) is 5.27. The first-order valence-corrected chi connectivity index (χ1v) is 6.67. The number of hydrogen-bond donors (Lipinski definition) is 1. The number of methoxy groups -OCH3 is 1. The van der Waals surface area contributed by atoms with Gasteiger partial charge in [-0.15, -0.1) is 0 Å². The van der Waals surface area contributed by atoms with Gasteiger partial charge in [0.1, 0.15) is 11.6 Å². The van der Waals surface area contributed by atoms with E-state index < -0.39 is 5.41 Å². The fraction of sp³-hybridized carbons (Fsp3) is 0.294. The first-order valence-electron chi connectivity index (χ1n) is 6.67. The van der Waals surface area contributed by atoms with E-state index in [0.717, 1.165) is 11.3 Å². The third-order valence-corrected chi connectivity index (χ3v) is 3.73. The van der Waals surface area contributed by atoms with Crippen LogP contribution in [0, 0.1) is 5.82 Å². The molecule has 2 nitrogen and oxygen atoms in total. The number of benzene rings is 2. The largest absolute Gasteiger partial charge is 0.497 e. The molecule has 0 aliphatic rings. The van der Waals surface area contributed by atoms with E-state index in [1.54, 1.807) is 13.2 Å². The monoisotopic (exact) mass is 273 g/mol. The molecule has 20 heavy (non-hydrogen) atoms. The predicted molar refractivity (Wildman–Crippen MR) is 79.5 cm³/mol. The maximum absolute atomic E-state index is 14.0. The van der Waals surface area contributed by atoms with Crippen LogP contribution in [0.15, 0.2) is 48.5 Å². The molecule has 0 aliphatic heterocycles. The molecule has 106 valence electrons. The minimum atomic E-state index is -0.417. The smallest absolute Gasteiger partial charge is 0.127 e. The van der Waals surface area contributed by atoms with Gasteiger partial charge < -0.3 is 10.5 Å². The van der Waals surface area contributed by atoms with Gasteiger partial charge in [-0.05, 0) is 35.7 Å². The molecule has 0 saturated heterocycles. The molecule has 0 amide bonds. The Balaban J connectivity index is 2.29. The summed E-state index contributed by atoms with van der Waals surface area (Å²) in [4.78, 5) is 0. The van der Waals surface area contributed by atoms with Crippen LogP contribution in [0.3, 0.4) is 0 Å². The number of hydrogen-bond acceptors (Lipinski definition) is 2. The highest BCUT2D eigenvalue weighted by molar-refractivity contribution is 5.33. The van der Waals surface area contributed by atoms with Crippen LogP contribution in [0.4, 0.5) is 4.39 Å². The quantitative estimate of drug-likeness (QED) is 0.907. The molecule has 0 heterocycles. The highest BCUT2D eigenvalue weighted by Gasteiger charge is 2.28. The van der Waals surface area contributed by atoms with Gasteiger partial charge in [0.25, 0.3) is 0 Å². The minimum absolute atomic E-state index is 0.200. The Morgan fingerprint density at radius 2 is 1.75 bits per heavy atom. The van der Waals surface area contributed by atoms with Crippen LogP contribution >= 0.6 is 0 Å². The SMILES string of the molecule is COc1ccc(CC(C)(CN)c2ccccc2F)cc1. The van der Waals surface area contributed by atoms with Gasteiger partial charge in [0.05, 0.1) is 7.11 Å². The molecule has 0 spiro atoms. The molecular weight excluding hydrogens is 253 g/mol. The van der Waals surface area contributed by atoms with Crippen molar-refractivity contribution in [3.63, 3.8) is 0 Å². The Kier molecular flexibility index (Phi) is 4.40. The van der Waals surface area contributed by atoms with Gasteiger partial charge in [0.15, 0.2) is 0 Å². The molecule has 0 aromatic heterocycles. The highest BCUT2D eigenvalue weighted by Crippen LogP contribution is 2.29. The zero-order valence-electron chi connectivity index (χ0n) is 11.9. The molecule has 0 aliphatic carbocycles. The Labute approximate surface area is 119 Å². The average Bonchev–Trinajstić information content (AvgIpc) is 2.48. The van der Waals surface area contributed by atoms with E-state index in [4.69, 9.17) is 10.5 Å². The highest BCUT2D eigenvalue weighted by atomic mass is 19.1. The van der Waals surface area contributed by atoms with Gasteiger partial charge in [-0.1, -0.05) is 37.3 Å². The zero-order valence-corrected chi connectivity index (χ0v) is 11.9. The van der Waals surface area contributed by atoms with Crippen molar-refractivity contribution in [1.82, 2.24) is 0 Å². The van der Waals surface area contributed by atoms with Gasteiger partial charge in [0.2, 0.25) is 0 Å². The van der Waals surface area contributed by atoms with Crippen LogP contribution in [0.1, 0.15) is 18.1 Å². The van der Waals surface area contributed by atoms with Crippen molar-refractivity contribution in [1.29, 1.82) is 0 Å². The molecular formula is C17H20FNO. The maximum atomic E-state index is 14.0. The van der Waals surface area contributed by atoms with Gasteiger partial charge in [-0.2, -0.15) is 0 Å². The second kappa shape index (κ2) is 6.06. The fourth-order valence-electron chi connectivity index (χ4n) is 2.42. The van der Waals surface area contributed by atoms with Crippen molar-refractivity contribution < 1.29 is 9.13 Å². The summed E-state index contributed by atoms with van der Waals surface area (Å²) >= 11 is 0. The van der Waals surface area contributed by atoms with Crippen molar-refractivity contribution in [2.45, 2.75) is 18.8 Å². The molecule has 0 radical (unpaired) electrons. The molecule has 0 saturated carbocycles. The van der Waals surface area contributed by atoms with Crippen LogP contribution in [0.25, 0.3) is 0 Å². The number of nitrogens with two attached hydrogens (primary N) is 1. The summed E-state index contributed by atoms with van der Waals surface area (Å²) in [6, 6.07) is 14.6. The fourth-order valence-corrected chi connectivity index (χ4v) is 2.42. The zero-order chi connectivity index (χ0) is 14.6. The summed E-state index contributed by atoms with van der Waals surface area (Å²) in [6.45, 7) is 2.38. The van der Waals surface area contributed by atoms with E-state index in [-0.39, 0.29) is 5.82 Å². The molecule has 2 aromatic rings. The summed E-state index contributed by atoms with van der Waals surface area (Å²) in [5, 5.41) is 0. The molecule has 2 aromatic carbocycles. The van der Waals surface area contributed by atoms with Crippen LogP contribution in [-0.4, -0.2) is 13.7 Å². The summed E-state index contributed by atoms with van der Waals surface area (Å²) in [6.07, 6.45) is 0.689. The lowest BCUT2D eigenvalue weighted by Gasteiger charge is -2.29. The van der Waals surface area contributed by atoms with Gasteiger partial charge >= 0.3 is 0 Å². The van der Waals surface area contributed by atoms with E-state index in [0.29, 0.717) is 18.5 Å². The predicted octanol–water partition coefficient (Wildman–Crippen LogP) is 3.29. The van der Waals surface area contributed by atoms with E-state index in [2.05, 4.69) is 0 Å². The third kappa shape index (κ3) is 2.99. The molecule has 1 unspecified atom stereocenters. The standard InChI is InChI=1S/C17H20FNO/c1-17(12-19,15-5-3-4-6-16(15)18)11-13-7-9-14(20-2)10-8-13/h3-10H,11-12,19H2,1-2H3. The van der Waals surface area contributed by atoms with E-state index in [9.17, 15) is 4.39 Å². The first-order chi connectivity index (χ1) is 9.59. The summed E-state index contributed by atoms with van der Waals surface area (Å²) < 4.78 is 19.2. The lowest BCUT2D eigenvalue weighted by molar-refractivity contribution is 0.414. The minimum Gasteiger partial charge on any atom is -0.497 e. The molecule has 0 fully saturated rings. The van der Waals surface area contributed by atoms with Crippen molar-refractivity contribution in [2.24, 2.45) is 5.73 Å². The molecule has 2 N–H and O–H groups in total. The lowest BCUT2D eigenvalue weighted by Crippen LogP contribution is -2.35. The van der Waals surface area contributed by atoms with Gasteiger partial charge in [0, 0.05) is 12.0 Å². The number of rotatable bonds is 5. The van der Waals surface area contributed by atoms with E-state index in [1.807, 2.05) is 43.3 Å². The lowest BCUT2D eigenvalue weighted by atomic mass is 9.77. The van der Waals surface area contributed by atoms with E-state index in [1.165, 1.54) is 6.07 Å². The Bertz CT molecular complexity index is 567. The van der Waals surface area contributed by atoms with Gasteiger partial charge in [-0.3, -0.25) is 0 Å². The summed E-state index contributed by atoms with van der Waals surface area (Å²) in [7, 11) is 1.64. The first kappa shape index (κ1) is 14.5. The maximum Gasteiger partial charge on any atom is 0.127 e. The molecule has 0 bridgehead atoms. The average molecular weight is 273 g/mol.